The smallest absolute Gasteiger partial charge is 0.282 e. The maximum Gasteiger partial charge on any atom is 0.282 e. The number of rotatable bonds is 5. The molecule has 1 saturated heterocycles. The summed E-state index contributed by atoms with van der Waals surface area (Å²) in [6, 6.07) is 23.9. The van der Waals surface area contributed by atoms with E-state index in [1.54, 1.807) is 24.4 Å². The molecular formula is C32H25ClFN5O2. The minimum Gasteiger partial charge on any atom is -0.378 e. The van der Waals surface area contributed by atoms with Gasteiger partial charge in [-0.05, 0) is 42.0 Å². The summed E-state index contributed by atoms with van der Waals surface area (Å²) in [4.78, 5) is 20.3. The van der Waals surface area contributed by atoms with Crippen molar-refractivity contribution in [3.8, 4) is 28.1 Å². The number of morpholine rings is 1. The molecule has 3 aromatic carbocycles. The summed E-state index contributed by atoms with van der Waals surface area (Å²) in [5, 5.41) is 5.96. The largest absolute Gasteiger partial charge is 0.378 e. The Morgan fingerprint density at radius 3 is 2.51 bits per heavy atom. The molecule has 0 radical (unpaired) electrons. The number of hydrogen-bond donors (Lipinski definition) is 0. The molecule has 0 spiro atoms. The number of para-hydroxylation sites is 2. The first-order chi connectivity index (χ1) is 20.1. The number of anilines is 1. The molecule has 0 aliphatic carbocycles. The van der Waals surface area contributed by atoms with Crippen LogP contribution < -0.4 is 10.5 Å². The van der Waals surface area contributed by atoms with Crippen LogP contribution in [-0.4, -0.2) is 45.6 Å². The second kappa shape index (κ2) is 10.5. The third kappa shape index (κ3) is 4.65. The van der Waals surface area contributed by atoms with Crippen LogP contribution in [0.4, 0.5) is 10.2 Å². The number of hydrogen-bond acceptors (Lipinski definition) is 5. The molecule has 7 nitrogen and oxygen atoms in total. The highest BCUT2D eigenvalue weighted by Gasteiger charge is 2.22. The highest BCUT2D eigenvalue weighted by molar-refractivity contribution is 6.33. The minimum atomic E-state index is -0.504. The molecular weight excluding hydrogens is 541 g/mol. The second-order valence-corrected chi connectivity index (χ2v) is 10.4. The highest BCUT2D eigenvalue weighted by Crippen LogP contribution is 2.32. The van der Waals surface area contributed by atoms with Crippen molar-refractivity contribution in [2.24, 2.45) is 0 Å². The van der Waals surface area contributed by atoms with Crippen LogP contribution in [0, 0.1) is 5.82 Å². The molecule has 7 rings (SSSR count). The number of aromatic nitrogens is 4. The lowest BCUT2D eigenvalue weighted by Crippen LogP contribution is -2.36. The molecule has 3 aliphatic rings. The molecule has 4 heterocycles. The molecule has 204 valence electrons. The molecule has 0 unspecified atom stereocenters. The van der Waals surface area contributed by atoms with Gasteiger partial charge < -0.3 is 14.2 Å². The zero-order chi connectivity index (χ0) is 27.9. The Morgan fingerprint density at radius 1 is 0.927 bits per heavy atom. The van der Waals surface area contributed by atoms with E-state index in [9.17, 15) is 9.18 Å². The minimum absolute atomic E-state index is 0.124. The molecule has 1 fully saturated rings. The van der Waals surface area contributed by atoms with E-state index in [-0.39, 0.29) is 11.2 Å². The molecule has 0 saturated carbocycles. The Bertz CT molecular complexity index is 1910. The van der Waals surface area contributed by atoms with Gasteiger partial charge in [-0.15, -0.1) is 0 Å². The number of ether oxygens (including phenoxy) is 1. The van der Waals surface area contributed by atoms with E-state index in [1.165, 1.54) is 6.07 Å². The predicted molar refractivity (Wildman–Crippen MR) is 159 cm³/mol. The molecule has 9 heteroatoms. The number of fused-ring (bicyclic) bond motifs is 3. The summed E-state index contributed by atoms with van der Waals surface area (Å²) in [6.07, 6.45) is 3.64. The van der Waals surface area contributed by atoms with Crippen LogP contribution in [0.2, 0.25) is 5.02 Å². The lowest BCUT2D eigenvalue weighted by atomic mass is 10.0. The van der Waals surface area contributed by atoms with Gasteiger partial charge in [0.25, 0.3) is 5.56 Å². The molecule has 41 heavy (non-hydrogen) atoms. The predicted octanol–water partition coefficient (Wildman–Crippen LogP) is 6.03. The molecule has 3 aliphatic heterocycles. The van der Waals surface area contributed by atoms with Crippen LogP contribution in [0.1, 0.15) is 5.56 Å². The van der Waals surface area contributed by atoms with Crippen molar-refractivity contribution in [3.05, 3.63) is 118 Å². The summed E-state index contributed by atoms with van der Waals surface area (Å²) in [6.45, 7) is 3.56. The lowest BCUT2D eigenvalue weighted by Gasteiger charge is -2.27. The second-order valence-electron chi connectivity index (χ2n) is 10.0. The highest BCUT2D eigenvalue weighted by atomic mass is 35.5. The van der Waals surface area contributed by atoms with Crippen molar-refractivity contribution in [1.82, 2.24) is 19.3 Å². The normalized spacial score (nSPS) is 13.8. The van der Waals surface area contributed by atoms with Crippen LogP contribution in [0.3, 0.4) is 0 Å². The fourth-order valence-corrected chi connectivity index (χ4v) is 5.72. The summed E-state index contributed by atoms with van der Waals surface area (Å²) >= 11 is 6.78. The summed E-state index contributed by atoms with van der Waals surface area (Å²) in [5.74, 6) is 0.426. The fraction of sp³-hybridized carbons (Fsp3) is 0.156. The maximum atomic E-state index is 14.5. The van der Waals surface area contributed by atoms with Gasteiger partial charge in [-0.25, -0.2) is 9.37 Å². The molecule has 4 aromatic rings. The first-order valence-electron chi connectivity index (χ1n) is 13.4. The Labute approximate surface area is 240 Å². The molecule has 0 N–H and O–H groups in total. The van der Waals surface area contributed by atoms with E-state index in [2.05, 4.69) is 15.0 Å². The zero-order valence-corrected chi connectivity index (χ0v) is 22.8. The third-order valence-corrected chi connectivity index (χ3v) is 7.81. The number of halogens is 2. The summed E-state index contributed by atoms with van der Waals surface area (Å²) < 4.78 is 23.1. The van der Waals surface area contributed by atoms with Crippen molar-refractivity contribution in [3.63, 3.8) is 0 Å². The van der Waals surface area contributed by atoms with E-state index in [4.69, 9.17) is 16.3 Å². The quantitative estimate of drug-likeness (QED) is 0.255. The van der Waals surface area contributed by atoms with Crippen LogP contribution >= 0.6 is 11.6 Å². The van der Waals surface area contributed by atoms with Gasteiger partial charge in [0.05, 0.1) is 24.3 Å². The van der Waals surface area contributed by atoms with Crippen molar-refractivity contribution < 1.29 is 9.13 Å². The van der Waals surface area contributed by atoms with Gasteiger partial charge in [-0.1, -0.05) is 54.1 Å². The molecule has 0 bridgehead atoms. The van der Waals surface area contributed by atoms with E-state index in [0.29, 0.717) is 36.0 Å². The van der Waals surface area contributed by atoms with Gasteiger partial charge in [0.2, 0.25) is 0 Å². The van der Waals surface area contributed by atoms with Crippen molar-refractivity contribution >= 4 is 28.3 Å². The van der Waals surface area contributed by atoms with Gasteiger partial charge in [0, 0.05) is 53.6 Å². The van der Waals surface area contributed by atoms with Gasteiger partial charge in [-0.3, -0.25) is 4.79 Å². The first kappa shape index (κ1) is 25.4. The third-order valence-electron chi connectivity index (χ3n) is 7.49. The van der Waals surface area contributed by atoms with Gasteiger partial charge in [0.1, 0.15) is 23.0 Å². The summed E-state index contributed by atoms with van der Waals surface area (Å²) in [5.41, 5.74) is 4.42. The Hall–Kier alpha value is -4.53. The zero-order valence-electron chi connectivity index (χ0n) is 22.0. The van der Waals surface area contributed by atoms with E-state index >= 15 is 0 Å². The number of pyridine rings is 2. The van der Waals surface area contributed by atoms with Gasteiger partial charge in [0.15, 0.2) is 0 Å². The topological polar surface area (TPSA) is 65.2 Å². The Morgan fingerprint density at radius 2 is 1.73 bits per heavy atom. The van der Waals surface area contributed by atoms with Crippen molar-refractivity contribution in [2.45, 2.75) is 6.54 Å². The molecule has 0 atom stereocenters. The Kier molecular flexibility index (Phi) is 6.49. The first-order valence-corrected chi connectivity index (χ1v) is 13.8. The average Bonchev–Trinajstić information content (AvgIpc) is 3.34. The Balaban J connectivity index is 1.23. The van der Waals surface area contributed by atoms with Crippen LogP contribution in [0.15, 0.2) is 96.1 Å². The SMILES string of the molecule is O=c1c2cn(Cc3ccc(-c4ccc(N5CCOCC5)nc4)c(Cl)c3)c3ccccc3c-2nn1-c1ccccc1F. The van der Waals surface area contributed by atoms with Crippen LogP contribution in [0.25, 0.3) is 39.0 Å². The molecule has 0 amide bonds. The van der Waals surface area contributed by atoms with Gasteiger partial charge in [-0.2, -0.15) is 9.78 Å². The standard InChI is InChI=1S/C32H25ClFN5O2/c33-26-17-21(9-11-23(26)22-10-12-30(35-18-22)37-13-15-41-16-14-37)19-38-20-25-31(24-5-1-3-7-28(24)38)36-39(32(25)40)29-8-4-2-6-27(29)34/h1-12,17-18,20H,13-16,19H2. The van der Waals surface area contributed by atoms with Crippen LogP contribution in [0.5, 0.6) is 0 Å². The van der Waals surface area contributed by atoms with Gasteiger partial charge >= 0.3 is 0 Å². The summed E-state index contributed by atoms with van der Waals surface area (Å²) in [7, 11) is 0. The molecule has 1 aromatic heterocycles. The number of benzene rings is 3. The van der Waals surface area contributed by atoms with Crippen LogP contribution in [-0.2, 0) is 11.3 Å². The number of nitrogens with zero attached hydrogens (tertiary/aromatic N) is 5. The monoisotopic (exact) mass is 565 g/mol. The fourth-order valence-electron chi connectivity index (χ4n) is 5.41. The van der Waals surface area contributed by atoms with Crippen molar-refractivity contribution in [2.75, 3.05) is 31.2 Å². The average molecular weight is 566 g/mol. The lowest BCUT2D eigenvalue weighted by molar-refractivity contribution is 0.122. The maximum absolute atomic E-state index is 14.5. The van der Waals surface area contributed by atoms with E-state index in [0.717, 1.165) is 51.2 Å². The van der Waals surface area contributed by atoms with E-state index in [1.807, 2.05) is 65.4 Å². The van der Waals surface area contributed by atoms with E-state index < -0.39 is 5.82 Å². The van der Waals surface area contributed by atoms with Crippen molar-refractivity contribution in [1.29, 1.82) is 0 Å².